The molecule has 10 heteroatoms. The quantitative estimate of drug-likeness (QED) is 0.311. The zero-order valence-electron chi connectivity index (χ0n) is 14.3. The fourth-order valence-electron chi connectivity index (χ4n) is 3.22. The van der Waals surface area contributed by atoms with E-state index >= 15 is 0 Å². The summed E-state index contributed by atoms with van der Waals surface area (Å²) in [6.45, 7) is 0. The second kappa shape index (κ2) is 7.87. The first-order chi connectivity index (χ1) is 13.5. The predicted molar refractivity (Wildman–Crippen MR) is 114 cm³/mol. The molecule has 3 aromatic carbocycles. The highest BCUT2D eigenvalue weighted by molar-refractivity contribution is 7.87. The fourth-order valence-corrected chi connectivity index (χ4v) is 5.38. The third-order valence-electron chi connectivity index (χ3n) is 4.36. The Labute approximate surface area is 186 Å². The highest BCUT2D eigenvalue weighted by Gasteiger charge is 2.51. The van der Waals surface area contributed by atoms with Crippen molar-refractivity contribution in [3.05, 3.63) is 91.4 Å². The molecule has 0 amide bonds. The number of hydrogen-bond donors (Lipinski definition) is 3. The van der Waals surface area contributed by atoms with Crippen LogP contribution in [0.5, 0.6) is 11.5 Å². The van der Waals surface area contributed by atoms with Gasteiger partial charge in [-0.15, -0.1) is 0 Å². The molecule has 0 fully saturated rings. The van der Waals surface area contributed by atoms with E-state index in [1.54, 1.807) is 0 Å². The van der Waals surface area contributed by atoms with Gasteiger partial charge in [-0.1, -0.05) is 58.5 Å². The minimum Gasteiger partial charge on any atom is -0.506 e. The maximum Gasteiger partial charge on any atom is 0.283 e. The number of benzene rings is 3. The van der Waals surface area contributed by atoms with Gasteiger partial charge in [-0.2, -0.15) is 8.42 Å². The van der Waals surface area contributed by atoms with Gasteiger partial charge in [0.05, 0.1) is 0 Å². The Balaban J connectivity index is 2.61. The lowest BCUT2D eigenvalue weighted by Gasteiger charge is -2.33. The average Bonchev–Trinajstić information content (AvgIpc) is 2.60. The van der Waals surface area contributed by atoms with Crippen LogP contribution < -0.4 is 0 Å². The topological polar surface area (TPSA) is 94.8 Å². The van der Waals surface area contributed by atoms with E-state index in [1.807, 2.05) is 0 Å². The van der Waals surface area contributed by atoms with Crippen LogP contribution in [0.25, 0.3) is 0 Å². The molecule has 3 aromatic rings. The lowest BCUT2D eigenvalue weighted by Crippen LogP contribution is -2.38. The van der Waals surface area contributed by atoms with Crippen LogP contribution >= 0.6 is 46.4 Å². The molecule has 3 rings (SSSR count). The third-order valence-corrected chi connectivity index (χ3v) is 6.87. The molecular formula is C19H12Cl4O5S. The SMILES string of the molecule is O=S(=O)(O)C(c1cccc(Cl)c1)(c1cc(Cl)cc(Cl)c1)c1ccc(O)c(Cl)c1O. The Morgan fingerprint density at radius 3 is 1.90 bits per heavy atom. The first kappa shape index (κ1) is 22.0. The zero-order valence-corrected chi connectivity index (χ0v) is 18.1. The van der Waals surface area contributed by atoms with Crippen LogP contribution in [0, 0.1) is 0 Å². The molecule has 0 radical (unpaired) electrons. The van der Waals surface area contributed by atoms with Gasteiger partial charge in [0, 0.05) is 20.6 Å². The van der Waals surface area contributed by atoms with Crippen LogP contribution in [0.1, 0.15) is 16.7 Å². The zero-order chi connectivity index (χ0) is 21.6. The lowest BCUT2D eigenvalue weighted by molar-refractivity contribution is 0.431. The second-order valence-electron chi connectivity index (χ2n) is 6.12. The Hall–Kier alpha value is -1.67. The minimum atomic E-state index is -5.06. The van der Waals surface area contributed by atoms with Gasteiger partial charge < -0.3 is 10.2 Å². The molecule has 0 bridgehead atoms. The summed E-state index contributed by atoms with van der Waals surface area (Å²) in [6.07, 6.45) is 0. The van der Waals surface area contributed by atoms with Gasteiger partial charge >= 0.3 is 0 Å². The smallest absolute Gasteiger partial charge is 0.283 e. The summed E-state index contributed by atoms with van der Waals surface area (Å²) in [6, 6.07) is 11.8. The Morgan fingerprint density at radius 1 is 0.759 bits per heavy atom. The van der Waals surface area contributed by atoms with Crippen molar-refractivity contribution in [3.63, 3.8) is 0 Å². The van der Waals surface area contributed by atoms with Crippen molar-refractivity contribution < 1.29 is 23.2 Å². The van der Waals surface area contributed by atoms with Crippen molar-refractivity contribution in [2.45, 2.75) is 4.75 Å². The fraction of sp³-hybridized carbons (Fsp3) is 0.0526. The first-order valence-electron chi connectivity index (χ1n) is 7.89. The minimum absolute atomic E-state index is 0.0112. The van der Waals surface area contributed by atoms with E-state index in [0.29, 0.717) is 0 Å². The van der Waals surface area contributed by atoms with Crippen molar-refractivity contribution in [2.75, 3.05) is 0 Å². The molecule has 5 nitrogen and oxygen atoms in total. The molecule has 0 heterocycles. The predicted octanol–water partition coefficient (Wildman–Crippen LogP) is 5.89. The molecule has 152 valence electrons. The summed E-state index contributed by atoms with van der Waals surface area (Å²) >= 11 is 24.2. The standard InChI is InChI=1S/C19H12Cl4O5S/c20-12-3-1-2-10(6-12)19(29(26,27)28,11-7-13(21)9-14(22)8-11)15-4-5-16(24)17(23)18(15)25/h1-9,24-25H,(H,26,27,28). The molecule has 0 aromatic heterocycles. The summed E-state index contributed by atoms with van der Waals surface area (Å²) in [5.41, 5.74) is -0.414. The molecule has 1 unspecified atom stereocenters. The van der Waals surface area contributed by atoms with Crippen molar-refractivity contribution in [1.29, 1.82) is 0 Å². The number of phenols is 2. The number of hydrogen-bond acceptors (Lipinski definition) is 4. The van der Waals surface area contributed by atoms with Crippen molar-refractivity contribution in [2.24, 2.45) is 0 Å². The van der Waals surface area contributed by atoms with Crippen molar-refractivity contribution in [3.8, 4) is 11.5 Å². The lowest BCUT2D eigenvalue weighted by atomic mass is 9.83. The largest absolute Gasteiger partial charge is 0.506 e. The summed E-state index contributed by atoms with van der Waals surface area (Å²) in [5.74, 6) is -1.23. The Kier molecular flexibility index (Phi) is 5.98. The molecule has 29 heavy (non-hydrogen) atoms. The summed E-state index contributed by atoms with van der Waals surface area (Å²) in [4.78, 5) is 0. The van der Waals surface area contributed by atoms with Gasteiger partial charge in [-0.3, -0.25) is 4.55 Å². The van der Waals surface area contributed by atoms with E-state index in [9.17, 15) is 23.2 Å². The monoisotopic (exact) mass is 492 g/mol. The molecular weight excluding hydrogens is 482 g/mol. The van der Waals surface area contributed by atoms with Gasteiger partial charge in [0.2, 0.25) is 0 Å². The first-order valence-corrected chi connectivity index (χ1v) is 10.8. The molecule has 0 spiro atoms. The van der Waals surface area contributed by atoms with Gasteiger partial charge in [0.25, 0.3) is 10.1 Å². The second-order valence-corrected chi connectivity index (χ2v) is 9.37. The molecule has 0 saturated carbocycles. The molecule has 3 N–H and O–H groups in total. The van der Waals surface area contributed by atoms with Gasteiger partial charge in [0.1, 0.15) is 16.5 Å². The highest BCUT2D eigenvalue weighted by atomic mass is 35.5. The van der Waals surface area contributed by atoms with E-state index in [0.717, 1.165) is 12.1 Å². The maximum absolute atomic E-state index is 12.9. The average molecular weight is 494 g/mol. The van der Waals surface area contributed by atoms with Crippen LogP contribution in [0.2, 0.25) is 20.1 Å². The number of halogens is 4. The van der Waals surface area contributed by atoms with Crippen molar-refractivity contribution in [1.82, 2.24) is 0 Å². The Bertz CT molecular complexity index is 1190. The van der Waals surface area contributed by atoms with E-state index < -0.39 is 31.4 Å². The molecule has 0 aliphatic rings. The highest BCUT2D eigenvalue weighted by Crippen LogP contribution is 2.51. The van der Waals surface area contributed by atoms with E-state index in [2.05, 4.69) is 0 Å². The van der Waals surface area contributed by atoms with Crippen molar-refractivity contribution >= 4 is 56.5 Å². The molecule has 0 aliphatic carbocycles. The van der Waals surface area contributed by atoms with Gasteiger partial charge in [0.15, 0.2) is 4.75 Å². The van der Waals surface area contributed by atoms with E-state index in [4.69, 9.17) is 46.4 Å². The van der Waals surface area contributed by atoms with Crippen LogP contribution in [0.4, 0.5) is 0 Å². The summed E-state index contributed by atoms with van der Waals surface area (Å²) < 4.78 is 34.0. The number of aromatic hydroxyl groups is 2. The third kappa shape index (κ3) is 3.77. The summed E-state index contributed by atoms with van der Waals surface area (Å²) in [7, 11) is -5.06. The molecule has 1 atom stereocenters. The van der Waals surface area contributed by atoms with Crippen LogP contribution in [-0.2, 0) is 14.9 Å². The number of rotatable bonds is 4. The Morgan fingerprint density at radius 2 is 1.34 bits per heavy atom. The maximum atomic E-state index is 12.9. The molecule has 0 saturated heterocycles. The van der Waals surface area contributed by atoms with Crippen LogP contribution in [0.15, 0.2) is 54.6 Å². The van der Waals surface area contributed by atoms with Gasteiger partial charge in [-0.05, 0) is 53.6 Å². The van der Waals surface area contributed by atoms with Gasteiger partial charge in [-0.25, -0.2) is 0 Å². The molecule has 0 aliphatic heterocycles. The van der Waals surface area contributed by atoms with E-state index in [-0.39, 0.29) is 31.8 Å². The van der Waals surface area contributed by atoms with E-state index in [1.165, 1.54) is 42.5 Å². The van der Waals surface area contributed by atoms with Crippen LogP contribution in [-0.4, -0.2) is 23.2 Å². The number of phenolic OH excluding ortho intramolecular Hbond substituents is 2. The normalized spacial score (nSPS) is 13.8. The van der Waals surface area contributed by atoms with Crippen LogP contribution in [0.3, 0.4) is 0 Å². The summed E-state index contributed by atoms with van der Waals surface area (Å²) in [5, 5.41) is 20.3.